The Morgan fingerprint density at radius 3 is 2.20 bits per heavy atom. The van der Waals surface area contributed by atoms with Gasteiger partial charge in [0.2, 0.25) is 5.43 Å². The molecule has 0 N–H and O–H groups in total. The Balaban J connectivity index is 2.54. The van der Waals surface area contributed by atoms with Crippen LogP contribution in [0.3, 0.4) is 0 Å². The van der Waals surface area contributed by atoms with E-state index in [-0.39, 0.29) is 27.7 Å². The molecule has 0 fully saturated rings. The Labute approximate surface area is 81.9 Å². The van der Waals surface area contributed by atoms with Crippen molar-refractivity contribution in [2.45, 2.75) is 0 Å². The lowest BCUT2D eigenvalue weighted by Gasteiger charge is -2.06. The molecule has 0 atom stereocenters. The Morgan fingerprint density at radius 2 is 1.53 bits per heavy atom. The predicted molar refractivity (Wildman–Crippen MR) is 47.7 cm³/mol. The molecule has 1 heterocycles. The van der Waals surface area contributed by atoms with Gasteiger partial charge in [0.1, 0.15) is 5.56 Å². The number of hydrogen-bond acceptors (Lipinski definition) is 5. The van der Waals surface area contributed by atoms with Crippen LogP contribution in [0.1, 0.15) is 20.7 Å². The van der Waals surface area contributed by atoms with Gasteiger partial charge in [0.05, 0.1) is 5.56 Å². The van der Waals surface area contributed by atoms with Gasteiger partial charge in [0.15, 0.2) is 5.43 Å². The molecule has 15 heavy (non-hydrogen) atoms. The first-order valence-corrected chi connectivity index (χ1v) is 4.13. The second kappa shape index (κ2) is 2.20. The lowest BCUT2D eigenvalue weighted by molar-refractivity contribution is 0.0443. The van der Waals surface area contributed by atoms with E-state index in [0.717, 1.165) is 6.07 Å². The van der Waals surface area contributed by atoms with Crippen LogP contribution in [0.25, 0.3) is 11.1 Å². The van der Waals surface area contributed by atoms with Crippen LogP contribution in [0, 0.1) is 0 Å². The summed E-state index contributed by atoms with van der Waals surface area (Å²) in [4.78, 5) is 44.9. The number of hydrogen-bond donors (Lipinski definition) is 0. The molecule has 0 spiro atoms. The molecule has 3 rings (SSSR count). The van der Waals surface area contributed by atoms with E-state index in [4.69, 9.17) is 0 Å². The average molecular weight is 202 g/mol. The minimum atomic E-state index is -0.935. The maximum atomic E-state index is 11.6. The zero-order chi connectivity index (χ0) is 10.7. The number of carbonyl (C=O) groups excluding carboxylic acids is 2. The summed E-state index contributed by atoms with van der Waals surface area (Å²) >= 11 is 0. The van der Waals surface area contributed by atoms with Crippen molar-refractivity contribution in [2.24, 2.45) is 0 Å². The molecular formula is C10H2O5. The number of ether oxygens (including phenoxy) is 1. The van der Waals surface area contributed by atoms with Crippen LogP contribution < -0.4 is 10.9 Å². The quantitative estimate of drug-likeness (QED) is 0.433. The molecule has 0 bridgehead atoms. The molecule has 2 aliphatic carbocycles. The van der Waals surface area contributed by atoms with Gasteiger partial charge >= 0.3 is 11.9 Å². The van der Waals surface area contributed by atoms with E-state index in [0.29, 0.717) is 0 Å². The van der Waals surface area contributed by atoms with E-state index in [1.165, 1.54) is 6.07 Å². The van der Waals surface area contributed by atoms with Crippen LogP contribution in [0.2, 0.25) is 0 Å². The van der Waals surface area contributed by atoms with Crippen LogP contribution in [0.5, 0.6) is 0 Å². The second-order valence-corrected chi connectivity index (χ2v) is 3.28. The average Bonchev–Trinajstić information content (AvgIpc) is 2.45. The van der Waals surface area contributed by atoms with Gasteiger partial charge in [0.25, 0.3) is 0 Å². The molecular weight excluding hydrogens is 200 g/mol. The molecule has 5 heteroatoms. The highest BCUT2D eigenvalue weighted by Crippen LogP contribution is 2.25. The van der Waals surface area contributed by atoms with Gasteiger partial charge in [-0.3, -0.25) is 9.59 Å². The summed E-state index contributed by atoms with van der Waals surface area (Å²) in [6, 6.07) is 2.38. The molecule has 0 aromatic rings. The fourth-order valence-corrected chi connectivity index (χ4v) is 1.71. The fourth-order valence-electron chi connectivity index (χ4n) is 1.71. The van der Waals surface area contributed by atoms with Crippen LogP contribution in [-0.2, 0) is 4.74 Å². The van der Waals surface area contributed by atoms with Gasteiger partial charge in [-0.1, -0.05) is 0 Å². The Morgan fingerprint density at radius 1 is 0.800 bits per heavy atom. The minimum absolute atomic E-state index is 0.106. The fraction of sp³-hybridized carbons (Fsp3) is 0. The van der Waals surface area contributed by atoms with E-state index < -0.39 is 17.4 Å². The molecule has 0 saturated carbocycles. The van der Waals surface area contributed by atoms with Crippen LogP contribution in [0.4, 0.5) is 0 Å². The monoisotopic (exact) mass is 202 g/mol. The minimum Gasteiger partial charge on any atom is -0.386 e. The first kappa shape index (κ1) is 8.05. The molecule has 72 valence electrons. The topological polar surface area (TPSA) is 77.5 Å². The van der Waals surface area contributed by atoms with E-state index in [9.17, 15) is 19.2 Å². The molecule has 0 amide bonds. The van der Waals surface area contributed by atoms with Gasteiger partial charge in [-0.05, 0) is 12.1 Å². The Bertz CT molecular complexity index is 672. The van der Waals surface area contributed by atoms with Crippen LogP contribution >= 0.6 is 0 Å². The first-order valence-electron chi connectivity index (χ1n) is 4.13. The van der Waals surface area contributed by atoms with Crippen molar-refractivity contribution in [3.8, 4) is 11.1 Å². The van der Waals surface area contributed by atoms with Gasteiger partial charge in [-0.25, -0.2) is 9.59 Å². The second-order valence-electron chi connectivity index (χ2n) is 3.28. The lowest BCUT2D eigenvalue weighted by Crippen LogP contribution is -2.24. The summed E-state index contributed by atoms with van der Waals surface area (Å²) in [7, 11) is 0. The standard InChI is InChI=1S/C10H2O5/c11-6-2-4-3(6)1-5-7(8(4)12)10(14)15-9(5)13/h1-2H. The van der Waals surface area contributed by atoms with Crippen molar-refractivity contribution in [1.29, 1.82) is 0 Å². The van der Waals surface area contributed by atoms with Crippen LogP contribution in [-0.4, -0.2) is 11.9 Å². The zero-order valence-corrected chi connectivity index (χ0v) is 7.20. The number of carbonyl (C=O) groups is 2. The molecule has 3 aliphatic rings. The summed E-state index contributed by atoms with van der Waals surface area (Å²) in [6.07, 6.45) is 0. The highest BCUT2D eigenvalue weighted by molar-refractivity contribution is 6.16. The summed E-state index contributed by atoms with van der Waals surface area (Å²) < 4.78 is 4.28. The molecule has 0 unspecified atom stereocenters. The summed E-state index contributed by atoms with van der Waals surface area (Å²) in [5.74, 6) is -1.80. The molecule has 0 radical (unpaired) electrons. The molecule has 0 aromatic carbocycles. The van der Waals surface area contributed by atoms with Gasteiger partial charge in [-0.2, -0.15) is 0 Å². The van der Waals surface area contributed by atoms with Crippen molar-refractivity contribution in [2.75, 3.05) is 0 Å². The van der Waals surface area contributed by atoms with E-state index in [1.807, 2.05) is 0 Å². The van der Waals surface area contributed by atoms with E-state index in [2.05, 4.69) is 4.74 Å². The van der Waals surface area contributed by atoms with Crippen molar-refractivity contribution in [3.05, 3.63) is 43.7 Å². The zero-order valence-electron chi connectivity index (χ0n) is 7.20. The normalized spacial score (nSPS) is 14.7. The Kier molecular flexibility index (Phi) is 1.18. The highest BCUT2D eigenvalue weighted by Gasteiger charge is 2.36. The van der Waals surface area contributed by atoms with E-state index in [1.54, 1.807) is 0 Å². The maximum Gasteiger partial charge on any atom is 0.350 e. The van der Waals surface area contributed by atoms with Crippen LogP contribution in [0.15, 0.2) is 21.7 Å². The lowest BCUT2D eigenvalue weighted by atomic mass is 9.92. The molecule has 0 aromatic heterocycles. The molecule has 0 saturated heterocycles. The van der Waals surface area contributed by atoms with Crippen molar-refractivity contribution in [1.82, 2.24) is 0 Å². The Hall–Kier alpha value is -2.30. The van der Waals surface area contributed by atoms with Gasteiger partial charge in [-0.15, -0.1) is 0 Å². The number of cyclic esters (lactones) is 2. The largest absolute Gasteiger partial charge is 0.386 e. The third-order valence-corrected chi connectivity index (χ3v) is 2.47. The summed E-state index contributed by atoms with van der Waals surface area (Å²) in [5.41, 5.74) is -0.904. The predicted octanol–water partition coefficient (Wildman–Crippen LogP) is -0.302. The van der Waals surface area contributed by atoms with Crippen molar-refractivity contribution >= 4 is 11.9 Å². The third-order valence-electron chi connectivity index (χ3n) is 2.47. The molecule has 1 aliphatic heterocycles. The highest BCUT2D eigenvalue weighted by atomic mass is 16.6. The van der Waals surface area contributed by atoms with Crippen molar-refractivity contribution < 1.29 is 14.3 Å². The third kappa shape index (κ3) is 0.775. The first-order chi connectivity index (χ1) is 7.09. The van der Waals surface area contributed by atoms with Gasteiger partial charge < -0.3 is 4.74 Å². The number of fused-ring (bicyclic) bond motifs is 2. The van der Waals surface area contributed by atoms with Gasteiger partial charge in [0, 0.05) is 11.1 Å². The van der Waals surface area contributed by atoms with E-state index >= 15 is 0 Å². The maximum absolute atomic E-state index is 11.6. The smallest absolute Gasteiger partial charge is 0.350 e. The SMILES string of the molecule is O=C1OC(=O)c2c1cc1c(=O)cc-1c2=O. The summed E-state index contributed by atoms with van der Waals surface area (Å²) in [6.45, 7) is 0. The number of rotatable bonds is 0. The number of benzene rings is 1. The summed E-state index contributed by atoms with van der Waals surface area (Å²) in [5, 5.41) is 0. The number of esters is 2. The van der Waals surface area contributed by atoms with Crippen molar-refractivity contribution in [3.63, 3.8) is 0 Å². The molecule has 5 nitrogen and oxygen atoms in total.